The lowest BCUT2D eigenvalue weighted by Gasteiger charge is -2.36. The molecule has 5 heteroatoms. The first-order chi connectivity index (χ1) is 14.5. The number of hydrogen-bond donors (Lipinski definition) is 1. The molecule has 2 aromatic rings. The van der Waals surface area contributed by atoms with Crippen LogP contribution in [0.2, 0.25) is 0 Å². The molecule has 1 aromatic carbocycles. The van der Waals surface area contributed by atoms with E-state index in [0.29, 0.717) is 23.3 Å². The maximum atomic E-state index is 13.4. The lowest BCUT2D eigenvalue weighted by atomic mass is 9.73. The Labute approximate surface area is 176 Å². The Morgan fingerprint density at radius 2 is 1.83 bits per heavy atom. The fourth-order valence-corrected chi connectivity index (χ4v) is 4.39. The van der Waals surface area contributed by atoms with E-state index in [9.17, 15) is 9.59 Å². The molecule has 0 radical (unpaired) electrons. The third kappa shape index (κ3) is 3.80. The summed E-state index contributed by atoms with van der Waals surface area (Å²) in [7, 11) is 0. The van der Waals surface area contributed by atoms with Crippen molar-refractivity contribution in [2.75, 3.05) is 0 Å². The number of carbonyl (C=O) groups is 2. The van der Waals surface area contributed by atoms with Crippen molar-refractivity contribution in [3.8, 4) is 0 Å². The smallest absolute Gasteiger partial charge is 0.337 e. The molecule has 2 unspecified atom stereocenters. The van der Waals surface area contributed by atoms with E-state index >= 15 is 0 Å². The van der Waals surface area contributed by atoms with Crippen LogP contribution in [0.5, 0.6) is 0 Å². The molecule has 0 amide bonds. The normalized spacial score (nSPS) is 21.4. The molecule has 1 N–H and O–H groups in total. The van der Waals surface area contributed by atoms with Crippen LogP contribution in [0.4, 0.5) is 0 Å². The number of benzene rings is 1. The Balaban J connectivity index is 1.78. The predicted molar refractivity (Wildman–Crippen MR) is 114 cm³/mol. The van der Waals surface area contributed by atoms with Gasteiger partial charge >= 0.3 is 5.97 Å². The summed E-state index contributed by atoms with van der Waals surface area (Å²) in [6.07, 6.45) is 2.58. The van der Waals surface area contributed by atoms with Crippen molar-refractivity contribution in [2.24, 2.45) is 0 Å². The molecule has 5 nitrogen and oxygen atoms in total. The first-order valence-electron chi connectivity index (χ1n) is 10.4. The van der Waals surface area contributed by atoms with Gasteiger partial charge in [0, 0.05) is 29.6 Å². The first kappa shape index (κ1) is 20.1. The van der Waals surface area contributed by atoms with Crippen LogP contribution in [0.1, 0.15) is 56.7 Å². The van der Waals surface area contributed by atoms with E-state index in [0.717, 1.165) is 23.4 Å². The molecule has 0 saturated carbocycles. The number of dihydropyridines is 1. The number of pyridine rings is 1. The highest BCUT2D eigenvalue weighted by Gasteiger charge is 2.42. The minimum atomic E-state index is -0.516. The number of hydrogen-bond acceptors (Lipinski definition) is 5. The second-order valence-corrected chi connectivity index (χ2v) is 8.14. The highest BCUT2D eigenvalue weighted by Crippen LogP contribution is 2.45. The molecule has 4 rings (SSSR count). The predicted octanol–water partition coefficient (Wildman–Crippen LogP) is 4.39. The number of aromatic nitrogens is 1. The molecule has 30 heavy (non-hydrogen) atoms. The molecule has 0 bridgehead atoms. The van der Waals surface area contributed by atoms with Crippen molar-refractivity contribution in [1.29, 1.82) is 0 Å². The summed E-state index contributed by atoms with van der Waals surface area (Å²) in [4.78, 5) is 30.9. The zero-order valence-corrected chi connectivity index (χ0v) is 17.5. The van der Waals surface area contributed by atoms with Crippen LogP contribution >= 0.6 is 0 Å². The molecule has 1 aliphatic heterocycles. The summed E-state index contributed by atoms with van der Waals surface area (Å²) in [5, 5.41) is 3.36. The first-order valence-corrected chi connectivity index (χ1v) is 10.4. The summed E-state index contributed by atoms with van der Waals surface area (Å²) >= 11 is 0. The zero-order chi connectivity index (χ0) is 21.3. The standard InChI is InChI=1S/C25H26N2O3/c1-15(2)30-25(29)22-16(3)27-20-13-18(17-9-5-4-6-10-17)14-21(28)23(20)24(22)19-11-7-8-12-26-19/h4-12,15,18,24,27H,13-14H2,1-3H3. The molecule has 2 aliphatic rings. The summed E-state index contributed by atoms with van der Waals surface area (Å²) in [6.45, 7) is 5.51. The molecular formula is C25H26N2O3. The summed E-state index contributed by atoms with van der Waals surface area (Å²) < 4.78 is 5.52. The molecule has 2 heterocycles. The van der Waals surface area contributed by atoms with Crippen LogP contribution in [-0.2, 0) is 14.3 Å². The Morgan fingerprint density at radius 1 is 1.10 bits per heavy atom. The van der Waals surface area contributed by atoms with Crippen LogP contribution in [-0.4, -0.2) is 22.8 Å². The lowest BCUT2D eigenvalue weighted by molar-refractivity contribution is -0.143. The van der Waals surface area contributed by atoms with Gasteiger partial charge in [0.1, 0.15) is 0 Å². The van der Waals surface area contributed by atoms with E-state index in [1.807, 2.05) is 57.2 Å². The van der Waals surface area contributed by atoms with Crippen LogP contribution in [0.15, 0.2) is 77.3 Å². The van der Waals surface area contributed by atoms with Crippen LogP contribution in [0.3, 0.4) is 0 Å². The van der Waals surface area contributed by atoms with Crippen LogP contribution in [0, 0.1) is 0 Å². The van der Waals surface area contributed by atoms with E-state index < -0.39 is 11.9 Å². The van der Waals surface area contributed by atoms with Gasteiger partial charge < -0.3 is 10.1 Å². The third-order valence-electron chi connectivity index (χ3n) is 5.64. The SMILES string of the molecule is CC1=C(C(=O)OC(C)C)C(c2ccccn2)C2=C(CC(c3ccccc3)CC2=O)N1. The number of Topliss-reactive ketones (excluding diaryl/α,β-unsaturated/α-hetero) is 1. The fraction of sp³-hybridized carbons (Fsp3) is 0.320. The van der Waals surface area contributed by atoms with Crippen molar-refractivity contribution >= 4 is 11.8 Å². The van der Waals surface area contributed by atoms with Gasteiger partial charge in [-0.25, -0.2) is 4.79 Å². The Bertz CT molecular complexity index is 1020. The Kier molecular flexibility index (Phi) is 5.53. The molecule has 154 valence electrons. The van der Waals surface area contributed by atoms with Gasteiger partial charge in [0.15, 0.2) is 5.78 Å². The molecule has 0 spiro atoms. The Morgan fingerprint density at radius 3 is 2.50 bits per heavy atom. The number of ether oxygens (including phenoxy) is 1. The number of nitrogens with one attached hydrogen (secondary N) is 1. The zero-order valence-electron chi connectivity index (χ0n) is 17.5. The van der Waals surface area contributed by atoms with E-state index in [1.54, 1.807) is 6.20 Å². The minimum Gasteiger partial charge on any atom is -0.460 e. The Hall–Kier alpha value is -3.21. The van der Waals surface area contributed by atoms with Crippen molar-refractivity contribution in [3.63, 3.8) is 0 Å². The van der Waals surface area contributed by atoms with Gasteiger partial charge in [-0.05, 0) is 50.8 Å². The van der Waals surface area contributed by atoms with Gasteiger partial charge in [-0.3, -0.25) is 9.78 Å². The van der Waals surface area contributed by atoms with Crippen molar-refractivity contribution in [3.05, 3.63) is 88.5 Å². The number of rotatable bonds is 4. The quantitative estimate of drug-likeness (QED) is 0.768. The summed E-state index contributed by atoms with van der Waals surface area (Å²) in [6, 6.07) is 15.7. The topological polar surface area (TPSA) is 68.3 Å². The largest absolute Gasteiger partial charge is 0.460 e. The third-order valence-corrected chi connectivity index (χ3v) is 5.64. The van der Waals surface area contributed by atoms with Crippen molar-refractivity contribution in [2.45, 2.75) is 51.6 Å². The summed E-state index contributed by atoms with van der Waals surface area (Å²) in [5.41, 5.74) is 4.55. The van der Waals surface area contributed by atoms with Crippen LogP contribution in [0.25, 0.3) is 0 Å². The van der Waals surface area contributed by atoms with Gasteiger partial charge in [-0.2, -0.15) is 0 Å². The maximum Gasteiger partial charge on any atom is 0.337 e. The molecule has 0 fully saturated rings. The van der Waals surface area contributed by atoms with Crippen molar-refractivity contribution in [1.82, 2.24) is 10.3 Å². The van der Waals surface area contributed by atoms with Crippen LogP contribution < -0.4 is 5.32 Å². The van der Waals surface area contributed by atoms with E-state index in [4.69, 9.17) is 4.74 Å². The molecule has 1 aromatic heterocycles. The lowest BCUT2D eigenvalue weighted by Crippen LogP contribution is -2.36. The van der Waals surface area contributed by atoms with E-state index in [1.165, 1.54) is 0 Å². The highest BCUT2D eigenvalue weighted by atomic mass is 16.5. The van der Waals surface area contributed by atoms with Gasteiger partial charge in [0.05, 0.1) is 23.3 Å². The fourth-order valence-electron chi connectivity index (χ4n) is 4.39. The second kappa shape index (κ2) is 8.27. The highest BCUT2D eigenvalue weighted by molar-refractivity contribution is 6.04. The molecule has 2 atom stereocenters. The van der Waals surface area contributed by atoms with Gasteiger partial charge in [0.2, 0.25) is 0 Å². The maximum absolute atomic E-state index is 13.4. The monoisotopic (exact) mass is 402 g/mol. The van der Waals surface area contributed by atoms with Gasteiger partial charge in [-0.1, -0.05) is 36.4 Å². The van der Waals surface area contributed by atoms with Gasteiger partial charge in [-0.15, -0.1) is 0 Å². The van der Waals surface area contributed by atoms with E-state index in [-0.39, 0.29) is 17.8 Å². The minimum absolute atomic E-state index is 0.0515. The van der Waals surface area contributed by atoms with Crippen molar-refractivity contribution < 1.29 is 14.3 Å². The average Bonchev–Trinajstić information content (AvgIpc) is 2.73. The van der Waals surface area contributed by atoms with E-state index in [2.05, 4.69) is 22.4 Å². The molecular weight excluding hydrogens is 376 g/mol. The number of ketones is 1. The number of allylic oxidation sites excluding steroid dienone is 3. The average molecular weight is 402 g/mol. The van der Waals surface area contributed by atoms with Gasteiger partial charge in [0.25, 0.3) is 0 Å². The summed E-state index contributed by atoms with van der Waals surface area (Å²) in [5.74, 6) is -0.755. The molecule has 0 saturated heterocycles. The molecule has 1 aliphatic carbocycles. The second-order valence-electron chi connectivity index (χ2n) is 8.14. The number of nitrogens with zero attached hydrogens (tertiary/aromatic N) is 1. The number of carbonyl (C=O) groups excluding carboxylic acids is 2. The number of esters is 1.